The van der Waals surface area contributed by atoms with Crippen LogP contribution in [0.1, 0.15) is 36.3 Å². The molecule has 1 heterocycles. The van der Waals surface area contributed by atoms with Crippen molar-refractivity contribution in [2.45, 2.75) is 32.1 Å². The van der Waals surface area contributed by atoms with Crippen molar-refractivity contribution in [3.63, 3.8) is 0 Å². The molecule has 0 amide bonds. The van der Waals surface area contributed by atoms with Crippen molar-refractivity contribution in [3.05, 3.63) is 35.4 Å². The third kappa shape index (κ3) is 2.58. The van der Waals surface area contributed by atoms with Crippen LogP contribution in [0.4, 0.5) is 0 Å². The van der Waals surface area contributed by atoms with Crippen LogP contribution in [0.2, 0.25) is 0 Å². The molecular formula is C13H16O2. The molecule has 1 fully saturated rings. The van der Waals surface area contributed by atoms with Crippen LogP contribution in [0.3, 0.4) is 0 Å². The lowest BCUT2D eigenvalue weighted by Gasteiger charge is -2.12. The molecule has 0 radical (unpaired) electrons. The standard InChI is InChI=1S/C13H16O2/c1-10-2-4-11(5-3-10)12-6-7-13(14)15-9-8-12/h2-5,12H,6-9H2,1H3. The first-order valence-electron chi connectivity index (χ1n) is 5.48. The molecule has 1 unspecified atom stereocenters. The van der Waals surface area contributed by atoms with Crippen LogP contribution in [0, 0.1) is 6.92 Å². The molecule has 1 atom stereocenters. The first-order valence-corrected chi connectivity index (χ1v) is 5.48. The van der Waals surface area contributed by atoms with Gasteiger partial charge in [0.25, 0.3) is 0 Å². The maximum atomic E-state index is 11.1. The third-order valence-electron chi connectivity index (χ3n) is 2.98. The molecule has 80 valence electrons. The van der Waals surface area contributed by atoms with Crippen LogP contribution in [-0.2, 0) is 9.53 Å². The summed E-state index contributed by atoms with van der Waals surface area (Å²) in [7, 11) is 0. The molecule has 1 saturated heterocycles. The normalized spacial score (nSPS) is 21.9. The number of rotatable bonds is 1. The fraction of sp³-hybridized carbons (Fsp3) is 0.462. The molecule has 1 aromatic carbocycles. The number of benzene rings is 1. The van der Waals surface area contributed by atoms with Gasteiger partial charge in [-0.25, -0.2) is 0 Å². The van der Waals surface area contributed by atoms with E-state index in [4.69, 9.17) is 4.74 Å². The van der Waals surface area contributed by atoms with Gasteiger partial charge in [-0.2, -0.15) is 0 Å². The lowest BCUT2D eigenvalue weighted by Crippen LogP contribution is -2.00. The number of hydrogen-bond acceptors (Lipinski definition) is 2. The maximum absolute atomic E-state index is 11.1. The van der Waals surface area contributed by atoms with Crippen molar-refractivity contribution in [2.75, 3.05) is 6.61 Å². The Morgan fingerprint density at radius 1 is 1.20 bits per heavy atom. The molecule has 1 aromatic rings. The second-order valence-electron chi connectivity index (χ2n) is 4.16. The van der Waals surface area contributed by atoms with Crippen molar-refractivity contribution in [2.24, 2.45) is 0 Å². The minimum Gasteiger partial charge on any atom is -0.466 e. The largest absolute Gasteiger partial charge is 0.466 e. The Morgan fingerprint density at radius 2 is 1.93 bits per heavy atom. The fourth-order valence-electron chi connectivity index (χ4n) is 2.00. The molecule has 15 heavy (non-hydrogen) atoms. The highest BCUT2D eigenvalue weighted by Crippen LogP contribution is 2.27. The molecule has 0 N–H and O–H groups in total. The summed E-state index contributed by atoms with van der Waals surface area (Å²) in [6.07, 6.45) is 2.43. The number of aryl methyl sites for hydroxylation is 1. The summed E-state index contributed by atoms with van der Waals surface area (Å²) in [6, 6.07) is 8.58. The van der Waals surface area contributed by atoms with Crippen LogP contribution in [0.15, 0.2) is 24.3 Å². The number of carbonyl (C=O) groups is 1. The smallest absolute Gasteiger partial charge is 0.305 e. The van der Waals surface area contributed by atoms with E-state index >= 15 is 0 Å². The second kappa shape index (κ2) is 4.47. The first-order chi connectivity index (χ1) is 7.25. The zero-order valence-electron chi connectivity index (χ0n) is 9.03. The van der Waals surface area contributed by atoms with Gasteiger partial charge in [-0.1, -0.05) is 29.8 Å². The Labute approximate surface area is 90.3 Å². The van der Waals surface area contributed by atoms with E-state index in [1.165, 1.54) is 11.1 Å². The molecule has 0 aliphatic carbocycles. The molecule has 0 aromatic heterocycles. The molecular weight excluding hydrogens is 188 g/mol. The molecule has 2 nitrogen and oxygen atoms in total. The van der Waals surface area contributed by atoms with Gasteiger partial charge in [-0.15, -0.1) is 0 Å². The summed E-state index contributed by atoms with van der Waals surface area (Å²) in [5.74, 6) is 0.432. The van der Waals surface area contributed by atoms with Crippen LogP contribution in [-0.4, -0.2) is 12.6 Å². The molecule has 1 aliphatic rings. The monoisotopic (exact) mass is 204 g/mol. The SMILES string of the molecule is Cc1ccc(C2CCOC(=O)CC2)cc1. The molecule has 1 aliphatic heterocycles. The zero-order chi connectivity index (χ0) is 10.7. The number of ether oxygens (including phenoxy) is 1. The Balaban J connectivity index is 2.09. The Kier molecular flexibility index (Phi) is 3.05. The Hall–Kier alpha value is -1.31. The quantitative estimate of drug-likeness (QED) is 0.657. The van der Waals surface area contributed by atoms with Gasteiger partial charge in [0.05, 0.1) is 6.61 Å². The fourth-order valence-corrected chi connectivity index (χ4v) is 2.00. The van der Waals surface area contributed by atoms with E-state index in [0.29, 0.717) is 18.9 Å². The van der Waals surface area contributed by atoms with Crippen LogP contribution in [0.5, 0.6) is 0 Å². The average Bonchev–Trinajstić information content (AvgIpc) is 2.44. The Bertz CT molecular complexity index is 340. The van der Waals surface area contributed by atoms with Crippen molar-refractivity contribution < 1.29 is 9.53 Å². The highest BCUT2D eigenvalue weighted by molar-refractivity contribution is 5.69. The first kappa shape index (κ1) is 10.2. The van der Waals surface area contributed by atoms with Crippen LogP contribution in [0.25, 0.3) is 0 Å². The number of esters is 1. The number of carbonyl (C=O) groups excluding carboxylic acids is 1. The predicted octanol–water partition coefficient (Wildman–Crippen LogP) is 2.81. The highest BCUT2D eigenvalue weighted by atomic mass is 16.5. The summed E-state index contributed by atoms with van der Waals surface area (Å²) in [5, 5.41) is 0. The lowest BCUT2D eigenvalue weighted by molar-refractivity contribution is -0.142. The van der Waals surface area contributed by atoms with E-state index in [1.807, 2.05) is 0 Å². The average molecular weight is 204 g/mol. The van der Waals surface area contributed by atoms with Crippen LogP contribution < -0.4 is 0 Å². The highest BCUT2D eigenvalue weighted by Gasteiger charge is 2.18. The third-order valence-corrected chi connectivity index (χ3v) is 2.98. The molecule has 2 heteroatoms. The summed E-state index contributed by atoms with van der Waals surface area (Å²) >= 11 is 0. The number of cyclic esters (lactones) is 1. The predicted molar refractivity (Wildman–Crippen MR) is 58.7 cm³/mol. The van der Waals surface area contributed by atoms with Crippen molar-refractivity contribution in [3.8, 4) is 0 Å². The van der Waals surface area contributed by atoms with Gasteiger partial charge < -0.3 is 4.74 Å². The summed E-state index contributed by atoms with van der Waals surface area (Å²) < 4.78 is 5.04. The zero-order valence-corrected chi connectivity index (χ0v) is 9.03. The maximum Gasteiger partial charge on any atom is 0.305 e. The van der Waals surface area contributed by atoms with Gasteiger partial charge in [0.1, 0.15) is 0 Å². The molecule has 2 rings (SSSR count). The Morgan fingerprint density at radius 3 is 2.67 bits per heavy atom. The van der Waals surface area contributed by atoms with Gasteiger partial charge in [-0.05, 0) is 31.2 Å². The van der Waals surface area contributed by atoms with Gasteiger partial charge in [0.15, 0.2) is 0 Å². The van der Waals surface area contributed by atoms with Gasteiger partial charge in [-0.3, -0.25) is 4.79 Å². The summed E-state index contributed by atoms with van der Waals surface area (Å²) in [4.78, 5) is 11.1. The van der Waals surface area contributed by atoms with Crippen LogP contribution >= 0.6 is 0 Å². The van der Waals surface area contributed by atoms with Crippen molar-refractivity contribution in [1.29, 1.82) is 0 Å². The molecule has 0 bridgehead atoms. The van der Waals surface area contributed by atoms with E-state index in [1.54, 1.807) is 0 Å². The van der Waals surface area contributed by atoms with Gasteiger partial charge in [0.2, 0.25) is 0 Å². The van der Waals surface area contributed by atoms with Gasteiger partial charge >= 0.3 is 5.97 Å². The minimum atomic E-state index is -0.0513. The molecule has 0 saturated carbocycles. The van der Waals surface area contributed by atoms with Crippen molar-refractivity contribution in [1.82, 2.24) is 0 Å². The van der Waals surface area contributed by atoms with E-state index in [9.17, 15) is 4.79 Å². The second-order valence-corrected chi connectivity index (χ2v) is 4.16. The summed E-state index contributed by atoms with van der Waals surface area (Å²) in [5.41, 5.74) is 2.61. The van der Waals surface area contributed by atoms with Crippen molar-refractivity contribution >= 4 is 5.97 Å². The summed E-state index contributed by atoms with van der Waals surface area (Å²) in [6.45, 7) is 2.65. The van der Waals surface area contributed by atoms with E-state index in [-0.39, 0.29) is 5.97 Å². The lowest BCUT2D eigenvalue weighted by atomic mass is 9.91. The minimum absolute atomic E-state index is 0.0513. The van der Waals surface area contributed by atoms with Gasteiger partial charge in [0, 0.05) is 6.42 Å². The molecule has 0 spiro atoms. The topological polar surface area (TPSA) is 26.3 Å². The number of hydrogen-bond donors (Lipinski definition) is 0. The van der Waals surface area contributed by atoms with E-state index in [2.05, 4.69) is 31.2 Å². The van der Waals surface area contributed by atoms with E-state index in [0.717, 1.165) is 12.8 Å². The van der Waals surface area contributed by atoms with E-state index < -0.39 is 0 Å².